The van der Waals surface area contributed by atoms with Gasteiger partial charge in [-0.15, -0.1) is 0 Å². The van der Waals surface area contributed by atoms with Crippen molar-refractivity contribution < 1.29 is 14.3 Å². The molecule has 2 aliphatic rings. The van der Waals surface area contributed by atoms with Gasteiger partial charge in [0.05, 0.1) is 19.8 Å². The van der Waals surface area contributed by atoms with Crippen molar-refractivity contribution >= 4 is 17.5 Å². The predicted molar refractivity (Wildman–Crippen MR) is 64.4 cm³/mol. The Morgan fingerprint density at radius 3 is 2.94 bits per heavy atom. The number of carbonyl (C=O) groups excluding carboxylic acids is 1. The van der Waals surface area contributed by atoms with Crippen molar-refractivity contribution in [2.45, 2.75) is 12.2 Å². The highest BCUT2D eigenvalue weighted by Gasteiger charge is 2.44. The first-order chi connectivity index (χ1) is 8.69. The van der Waals surface area contributed by atoms with Crippen molar-refractivity contribution in [2.24, 2.45) is 0 Å². The van der Waals surface area contributed by atoms with E-state index in [1.807, 2.05) is 0 Å². The summed E-state index contributed by atoms with van der Waals surface area (Å²) >= 11 is 5.78. The van der Waals surface area contributed by atoms with Crippen molar-refractivity contribution in [3.63, 3.8) is 0 Å². The molecule has 2 aliphatic heterocycles. The number of halogens is 1. The summed E-state index contributed by atoms with van der Waals surface area (Å²) in [6, 6.07) is 3.24. The quantitative estimate of drug-likeness (QED) is 0.721. The minimum Gasteiger partial charge on any atom is -0.346 e. The van der Waals surface area contributed by atoms with Gasteiger partial charge in [-0.05, 0) is 12.1 Å². The lowest BCUT2D eigenvalue weighted by Crippen LogP contribution is -2.36. The van der Waals surface area contributed by atoms with Crippen LogP contribution in [0.1, 0.15) is 16.8 Å². The van der Waals surface area contributed by atoms with Gasteiger partial charge in [-0.25, -0.2) is 4.98 Å². The standard InChI is InChI=1S/C12H13ClN2O3/c13-10-7-9(1-3-14-10)11(16)15-4-2-12(8-15)17-5-6-18-12/h1,3,7H,2,4-6,8H2. The van der Waals surface area contributed by atoms with Crippen LogP contribution in [-0.4, -0.2) is 47.9 Å². The van der Waals surface area contributed by atoms with E-state index in [-0.39, 0.29) is 5.91 Å². The number of likely N-dealkylation sites (tertiary alicyclic amines) is 1. The van der Waals surface area contributed by atoms with E-state index in [2.05, 4.69) is 4.98 Å². The topological polar surface area (TPSA) is 51.7 Å². The highest BCUT2D eigenvalue weighted by molar-refractivity contribution is 6.29. The third-order valence-electron chi connectivity index (χ3n) is 3.27. The minimum atomic E-state index is -0.577. The Kier molecular flexibility index (Phi) is 2.97. The molecular weight excluding hydrogens is 256 g/mol. The highest BCUT2D eigenvalue weighted by atomic mass is 35.5. The van der Waals surface area contributed by atoms with Crippen LogP contribution in [0.5, 0.6) is 0 Å². The summed E-state index contributed by atoms with van der Waals surface area (Å²) in [6.45, 7) is 2.32. The molecule has 2 fully saturated rings. The average Bonchev–Trinajstić information content (AvgIpc) is 3.00. The third kappa shape index (κ3) is 2.09. The van der Waals surface area contributed by atoms with E-state index in [1.165, 1.54) is 6.20 Å². The lowest BCUT2D eigenvalue weighted by atomic mass is 10.2. The molecule has 1 amide bonds. The van der Waals surface area contributed by atoms with E-state index in [9.17, 15) is 4.79 Å². The van der Waals surface area contributed by atoms with Gasteiger partial charge < -0.3 is 14.4 Å². The molecule has 0 aliphatic carbocycles. The fourth-order valence-corrected chi connectivity index (χ4v) is 2.55. The molecule has 0 aromatic carbocycles. The molecular formula is C12H13ClN2O3. The van der Waals surface area contributed by atoms with Gasteiger partial charge in [0, 0.05) is 24.7 Å². The summed E-state index contributed by atoms with van der Waals surface area (Å²) in [6.07, 6.45) is 2.25. The Bertz CT molecular complexity index is 474. The number of aromatic nitrogens is 1. The summed E-state index contributed by atoms with van der Waals surface area (Å²) < 4.78 is 11.2. The lowest BCUT2D eigenvalue weighted by molar-refractivity contribution is -0.143. The van der Waals surface area contributed by atoms with Crippen LogP contribution in [0.25, 0.3) is 0 Å². The van der Waals surface area contributed by atoms with Gasteiger partial charge in [-0.2, -0.15) is 0 Å². The number of hydrogen-bond acceptors (Lipinski definition) is 4. The van der Waals surface area contributed by atoms with Gasteiger partial charge in [-0.3, -0.25) is 4.79 Å². The first kappa shape index (κ1) is 11.9. The maximum atomic E-state index is 12.3. The molecule has 5 nitrogen and oxygen atoms in total. The number of rotatable bonds is 1. The Balaban J connectivity index is 1.74. The molecule has 1 spiro atoms. The van der Waals surface area contributed by atoms with E-state index in [4.69, 9.17) is 21.1 Å². The number of nitrogens with zero attached hydrogens (tertiary/aromatic N) is 2. The van der Waals surface area contributed by atoms with Crippen LogP contribution >= 0.6 is 11.6 Å². The van der Waals surface area contributed by atoms with Crippen LogP contribution in [0, 0.1) is 0 Å². The van der Waals surface area contributed by atoms with Gasteiger partial charge >= 0.3 is 0 Å². The van der Waals surface area contributed by atoms with Crippen molar-refractivity contribution in [1.29, 1.82) is 0 Å². The summed E-state index contributed by atoms with van der Waals surface area (Å²) in [4.78, 5) is 17.9. The Morgan fingerprint density at radius 1 is 1.44 bits per heavy atom. The van der Waals surface area contributed by atoms with Crippen LogP contribution in [-0.2, 0) is 9.47 Å². The summed E-state index contributed by atoms with van der Waals surface area (Å²) in [5, 5.41) is 0.322. The second-order valence-corrected chi connectivity index (χ2v) is 4.84. The molecule has 0 bridgehead atoms. The van der Waals surface area contributed by atoms with Crippen LogP contribution in [0.4, 0.5) is 0 Å². The Hall–Kier alpha value is -1.17. The molecule has 0 atom stereocenters. The maximum Gasteiger partial charge on any atom is 0.254 e. The van der Waals surface area contributed by atoms with Crippen LogP contribution in [0.2, 0.25) is 5.15 Å². The molecule has 1 aromatic heterocycles. The number of hydrogen-bond donors (Lipinski definition) is 0. The molecule has 96 valence electrons. The third-order valence-corrected chi connectivity index (χ3v) is 3.48. The zero-order chi connectivity index (χ0) is 12.6. The molecule has 0 saturated carbocycles. The monoisotopic (exact) mass is 268 g/mol. The smallest absolute Gasteiger partial charge is 0.254 e. The molecule has 0 N–H and O–H groups in total. The summed E-state index contributed by atoms with van der Waals surface area (Å²) in [7, 11) is 0. The number of carbonyl (C=O) groups is 1. The van der Waals surface area contributed by atoms with E-state index in [1.54, 1.807) is 17.0 Å². The average molecular weight is 269 g/mol. The zero-order valence-electron chi connectivity index (χ0n) is 9.76. The molecule has 6 heteroatoms. The van der Waals surface area contributed by atoms with Gasteiger partial charge in [0.1, 0.15) is 5.15 Å². The lowest BCUT2D eigenvalue weighted by Gasteiger charge is -2.22. The van der Waals surface area contributed by atoms with Crippen LogP contribution in [0.15, 0.2) is 18.3 Å². The maximum absolute atomic E-state index is 12.3. The van der Waals surface area contributed by atoms with Crippen LogP contribution < -0.4 is 0 Å². The zero-order valence-corrected chi connectivity index (χ0v) is 10.5. The normalized spacial score (nSPS) is 21.7. The minimum absolute atomic E-state index is 0.0599. The number of ether oxygens (including phenoxy) is 2. The van der Waals surface area contributed by atoms with E-state index >= 15 is 0 Å². The summed E-state index contributed by atoms with van der Waals surface area (Å²) in [5.41, 5.74) is 0.546. The number of pyridine rings is 1. The largest absolute Gasteiger partial charge is 0.346 e. The molecule has 0 unspecified atom stereocenters. The molecule has 2 saturated heterocycles. The molecule has 3 rings (SSSR count). The van der Waals surface area contributed by atoms with Crippen molar-refractivity contribution in [3.05, 3.63) is 29.0 Å². The predicted octanol–water partition coefficient (Wildman–Crippen LogP) is 1.32. The molecule has 0 radical (unpaired) electrons. The van der Waals surface area contributed by atoms with Crippen molar-refractivity contribution in [1.82, 2.24) is 9.88 Å². The van der Waals surface area contributed by atoms with Crippen molar-refractivity contribution in [3.8, 4) is 0 Å². The second kappa shape index (κ2) is 4.50. The molecule has 18 heavy (non-hydrogen) atoms. The van der Waals surface area contributed by atoms with E-state index in [0.717, 1.165) is 6.42 Å². The van der Waals surface area contributed by atoms with Gasteiger partial charge in [-0.1, -0.05) is 11.6 Å². The first-order valence-corrected chi connectivity index (χ1v) is 6.25. The molecule has 1 aromatic rings. The Labute approximate surface area is 110 Å². The van der Waals surface area contributed by atoms with Gasteiger partial charge in [0.15, 0.2) is 5.79 Å². The summed E-state index contributed by atoms with van der Waals surface area (Å²) in [5.74, 6) is -0.637. The van der Waals surface area contributed by atoms with E-state index < -0.39 is 5.79 Å². The van der Waals surface area contributed by atoms with Crippen LogP contribution in [0.3, 0.4) is 0 Å². The fraction of sp³-hybridized carbons (Fsp3) is 0.500. The Morgan fingerprint density at radius 2 is 2.22 bits per heavy atom. The number of amides is 1. The fourth-order valence-electron chi connectivity index (χ4n) is 2.38. The van der Waals surface area contributed by atoms with Crippen molar-refractivity contribution in [2.75, 3.05) is 26.3 Å². The first-order valence-electron chi connectivity index (χ1n) is 5.87. The van der Waals surface area contributed by atoms with Gasteiger partial charge in [0.2, 0.25) is 0 Å². The molecule has 3 heterocycles. The SMILES string of the molecule is O=C(c1ccnc(Cl)c1)N1CCC2(C1)OCCO2. The van der Waals surface area contributed by atoms with E-state index in [0.29, 0.717) is 37.0 Å². The highest BCUT2D eigenvalue weighted by Crippen LogP contribution is 2.31. The second-order valence-electron chi connectivity index (χ2n) is 4.45. The van der Waals surface area contributed by atoms with Gasteiger partial charge in [0.25, 0.3) is 5.91 Å².